The Balaban J connectivity index is 2.32. The number of hydrogen-bond donors (Lipinski definition) is 3. The van der Waals surface area contributed by atoms with Crippen molar-refractivity contribution >= 4 is 31.1 Å². The predicted octanol–water partition coefficient (Wildman–Crippen LogP) is 2.33. The minimum Gasteiger partial charge on any atom is -0.462 e. The summed E-state index contributed by atoms with van der Waals surface area (Å²) < 4.78 is 63.2. The number of hydrogen-bond acceptors (Lipinski definition) is 10. The molecule has 4 N–H and O–H groups in total. The molecule has 0 aliphatic rings. The molecule has 0 radical (unpaired) electrons. The number of aliphatic hydroxyl groups excluding tert-OH is 1. The van der Waals surface area contributed by atoms with Crippen molar-refractivity contribution < 1.29 is 41.8 Å². The molecule has 1 aromatic carbocycles. The number of aliphatic hydroxyl groups is 1. The van der Waals surface area contributed by atoms with Crippen LogP contribution in [-0.4, -0.2) is 65.4 Å². The summed E-state index contributed by atoms with van der Waals surface area (Å²) in [5, 5.41) is 13.3. The van der Waals surface area contributed by atoms with Crippen LogP contribution >= 0.6 is 19.3 Å². The van der Waals surface area contributed by atoms with Crippen LogP contribution in [0.2, 0.25) is 0 Å². The minimum absolute atomic E-state index is 0.104. The molecule has 2 rings (SSSR count). The van der Waals surface area contributed by atoms with Gasteiger partial charge in [-0.15, -0.1) is 0 Å². The van der Waals surface area contributed by atoms with Gasteiger partial charge in [0.2, 0.25) is 0 Å². The zero-order chi connectivity index (χ0) is 28.7. The Morgan fingerprint density at radius 2 is 1.95 bits per heavy atom. The number of carbonyl (C=O) groups excluding carboxylic acids is 1. The molecule has 1 aromatic heterocycles. The molecule has 0 saturated heterocycles. The van der Waals surface area contributed by atoms with Crippen LogP contribution in [0, 0.1) is 5.82 Å². The summed E-state index contributed by atoms with van der Waals surface area (Å²) in [7, 11) is -3.30. The van der Waals surface area contributed by atoms with E-state index in [1.54, 1.807) is 32.0 Å². The molecule has 5 unspecified atom stereocenters. The first-order valence-corrected chi connectivity index (χ1v) is 13.2. The first-order chi connectivity index (χ1) is 17.8. The Bertz CT molecular complexity index is 1190. The van der Waals surface area contributed by atoms with Crippen LogP contribution in [0.3, 0.4) is 0 Å². The third-order valence-electron chi connectivity index (χ3n) is 5.04. The molecule has 2 aromatic rings. The number of nitrogens with one attached hydrogen (secondary N) is 1. The van der Waals surface area contributed by atoms with Crippen molar-refractivity contribution in [3.8, 4) is 5.75 Å². The van der Waals surface area contributed by atoms with Crippen LogP contribution in [0.15, 0.2) is 41.3 Å². The number of nitrogens with zero attached hydrogens (tertiary/aromatic N) is 2. The summed E-state index contributed by atoms with van der Waals surface area (Å²) in [6, 6.07) is 6.65. The van der Waals surface area contributed by atoms with Gasteiger partial charge in [-0.3, -0.25) is 13.9 Å². The molecule has 5 atom stereocenters. The molecule has 0 fully saturated rings. The van der Waals surface area contributed by atoms with Gasteiger partial charge in [-0.1, -0.05) is 29.8 Å². The number of aromatic nitrogens is 2. The summed E-state index contributed by atoms with van der Waals surface area (Å²) in [5.74, 6) is -2.58. The van der Waals surface area contributed by atoms with Crippen LogP contribution in [0.25, 0.3) is 0 Å². The first-order valence-electron chi connectivity index (χ1n) is 11.2. The highest BCUT2D eigenvalue weighted by Crippen LogP contribution is 2.45. The lowest BCUT2D eigenvalue weighted by Gasteiger charge is -2.35. The monoisotopic (exact) mass is 582 g/mol. The molecule has 0 amide bonds. The highest BCUT2D eigenvalue weighted by atomic mass is 35.5. The largest absolute Gasteiger partial charge is 0.462 e. The van der Waals surface area contributed by atoms with E-state index in [-0.39, 0.29) is 5.75 Å². The number of nitrogens with two attached hydrogens (primary N) is 1. The highest BCUT2D eigenvalue weighted by molar-refractivity contribution is 7.52. The fourth-order valence-electron chi connectivity index (χ4n) is 3.08. The third kappa shape index (κ3) is 7.95. The number of alkyl halides is 2. The summed E-state index contributed by atoms with van der Waals surface area (Å²) in [4.78, 5) is 25.1. The predicted molar refractivity (Wildman–Crippen MR) is 134 cm³/mol. The summed E-state index contributed by atoms with van der Waals surface area (Å²) >= 11 is 6.23. The van der Waals surface area contributed by atoms with Crippen LogP contribution in [0.1, 0.15) is 20.8 Å². The lowest BCUT2D eigenvalue weighted by Crippen LogP contribution is -2.54. The maximum atomic E-state index is 14.1. The minimum atomic E-state index is -4.39. The van der Waals surface area contributed by atoms with E-state index < -0.39 is 73.7 Å². The van der Waals surface area contributed by atoms with Gasteiger partial charge in [-0.05, 0) is 32.9 Å². The fraction of sp³-hybridized carbons (Fsp3) is 0.500. The number of esters is 1. The van der Waals surface area contributed by atoms with E-state index >= 15 is 0 Å². The molecule has 0 bridgehead atoms. The molecular formula is C22H30ClF2N4O8P. The molecule has 0 aliphatic heterocycles. The molecular weight excluding hydrogens is 553 g/mol. The number of benzene rings is 1. The number of anilines is 1. The number of rotatable bonds is 14. The molecule has 38 heavy (non-hydrogen) atoms. The molecule has 1 heterocycles. The van der Waals surface area contributed by atoms with Crippen molar-refractivity contribution in [1.82, 2.24) is 14.6 Å². The van der Waals surface area contributed by atoms with Crippen molar-refractivity contribution in [3.63, 3.8) is 0 Å². The quantitative estimate of drug-likeness (QED) is 0.170. The van der Waals surface area contributed by atoms with Gasteiger partial charge in [0.05, 0.1) is 18.9 Å². The van der Waals surface area contributed by atoms with E-state index in [2.05, 4.69) is 10.1 Å². The van der Waals surface area contributed by atoms with Gasteiger partial charge in [-0.2, -0.15) is 10.1 Å². The van der Waals surface area contributed by atoms with Gasteiger partial charge < -0.3 is 24.8 Å². The number of methoxy groups -OCH3 is 1. The maximum Gasteiger partial charge on any atom is 0.459 e. The van der Waals surface area contributed by atoms with Gasteiger partial charge in [-0.25, -0.2) is 18.1 Å². The lowest BCUT2D eigenvalue weighted by atomic mass is 10.1. The normalized spacial score (nSPS) is 17.2. The van der Waals surface area contributed by atoms with Crippen LogP contribution < -0.4 is 21.0 Å². The van der Waals surface area contributed by atoms with E-state index in [0.29, 0.717) is 10.8 Å². The topological polar surface area (TPSA) is 164 Å². The number of nitrogen functional groups attached to an aromatic ring is 1. The first kappa shape index (κ1) is 31.6. The number of para-hydroxylation sites is 1. The lowest BCUT2D eigenvalue weighted by molar-refractivity contribution is -0.149. The van der Waals surface area contributed by atoms with Crippen LogP contribution in [-0.2, 0) is 28.4 Å². The Hall–Kier alpha value is -2.61. The van der Waals surface area contributed by atoms with E-state index in [4.69, 9.17) is 35.9 Å². The van der Waals surface area contributed by atoms with E-state index in [1.807, 2.05) is 0 Å². The Kier molecular flexibility index (Phi) is 11.2. The number of carbonyl (C=O) groups is 1. The fourth-order valence-corrected chi connectivity index (χ4v) is 4.84. The van der Waals surface area contributed by atoms with Gasteiger partial charge in [0.25, 0.3) is 0 Å². The number of halogens is 3. The third-order valence-corrected chi connectivity index (χ3v) is 7.19. The average Bonchev–Trinajstić information content (AvgIpc) is 2.86. The Morgan fingerprint density at radius 1 is 1.32 bits per heavy atom. The van der Waals surface area contributed by atoms with E-state index in [0.717, 1.165) is 7.11 Å². The zero-order valence-corrected chi connectivity index (χ0v) is 22.7. The van der Waals surface area contributed by atoms with Crippen LogP contribution in [0.4, 0.5) is 14.6 Å². The standard InChI is InChI=1S/C22H30ClF2N4O8P/c1-13(2)36-20(31)14(3)28-38(33,37-15-8-6-5-7-9-15)35-11-17(34-4)18(30)22(23,12-24)29-10-16(25)19(26)27-21(29)32/h5-10,13-14,17-18,30H,11-12H2,1-4H3,(H,28,33)(H2,26,27,32). The Labute approximate surface area is 222 Å². The second kappa shape index (κ2) is 13.5. The molecule has 212 valence electrons. The molecule has 0 aliphatic carbocycles. The van der Waals surface area contributed by atoms with Gasteiger partial charge in [0.1, 0.15) is 30.7 Å². The van der Waals surface area contributed by atoms with Crippen molar-refractivity contribution in [3.05, 3.63) is 52.8 Å². The van der Waals surface area contributed by atoms with Crippen molar-refractivity contribution in [1.29, 1.82) is 0 Å². The summed E-state index contributed by atoms with van der Waals surface area (Å²) in [6.45, 7) is 2.27. The Morgan fingerprint density at radius 3 is 2.50 bits per heavy atom. The SMILES string of the molecule is COC(COP(=O)(NC(C)C(=O)OC(C)C)Oc1ccccc1)C(O)C(Cl)(CF)n1cc(F)c(N)nc1=O. The molecule has 0 saturated carbocycles. The molecule has 12 nitrogen and oxygen atoms in total. The van der Waals surface area contributed by atoms with Crippen molar-refractivity contribution in [2.45, 2.75) is 50.1 Å². The summed E-state index contributed by atoms with van der Waals surface area (Å²) in [6.07, 6.45) is -3.61. The second-order valence-corrected chi connectivity index (χ2v) is 10.7. The van der Waals surface area contributed by atoms with Crippen molar-refractivity contribution in [2.24, 2.45) is 0 Å². The van der Waals surface area contributed by atoms with Gasteiger partial charge in [0.15, 0.2) is 16.6 Å². The van der Waals surface area contributed by atoms with E-state index in [1.165, 1.54) is 19.1 Å². The highest BCUT2D eigenvalue weighted by Gasteiger charge is 2.45. The van der Waals surface area contributed by atoms with Crippen molar-refractivity contribution in [2.75, 3.05) is 26.1 Å². The zero-order valence-electron chi connectivity index (χ0n) is 21.0. The maximum absolute atomic E-state index is 14.1. The summed E-state index contributed by atoms with van der Waals surface area (Å²) in [5.41, 5.74) is 4.01. The van der Waals surface area contributed by atoms with Gasteiger partial charge in [0, 0.05) is 7.11 Å². The molecule has 0 spiro atoms. The number of ether oxygens (including phenoxy) is 2. The second-order valence-electron chi connectivity index (χ2n) is 8.33. The van der Waals surface area contributed by atoms with Gasteiger partial charge >= 0.3 is 19.4 Å². The average molecular weight is 583 g/mol. The van der Waals surface area contributed by atoms with Crippen LogP contribution in [0.5, 0.6) is 5.75 Å². The smallest absolute Gasteiger partial charge is 0.459 e. The van der Waals surface area contributed by atoms with E-state index in [9.17, 15) is 28.0 Å². The molecule has 16 heteroatoms.